The van der Waals surface area contributed by atoms with E-state index in [1.165, 1.54) is 0 Å². The van der Waals surface area contributed by atoms with E-state index in [2.05, 4.69) is 38.2 Å². The predicted octanol–water partition coefficient (Wildman–Crippen LogP) is 2.46. The molecule has 0 saturated carbocycles. The lowest BCUT2D eigenvalue weighted by Crippen LogP contribution is -2.14. The standard InChI is InChI=1S/C9H17N/c1-4-5-6-7-8-10-9(2)3/h5-10H,4H2,1-3H3/b6-5-,8-7-. The van der Waals surface area contributed by atoms with Gasteiger partial charge in [0.25, 0.3) is 0 Å². The molecule has 0 saturated heterocycles. The molecule has 1 heteroatoms. The lowest BCUT2D eigenvalue weighted by atomic mass is 10.4. The van der Waals surface area contributed by atoms with Gasteiger partial charge in [0.2, 0.25) is 0 Å². The predicted molar refractivity (Wildman–Crippen MR) is 46.8 cm³/mol. The first-order chi connectivity index (χ1) is 4.77. The van der Waals surface area contributed by atoms with Crippen LogP contribution in [0.15, 0.2) is 24.4 Å². The van der Waals surface area contributed by atoms with Crippen LogP contribution in [-0.2, 0) is 0 Å². The van der Waals surface area contributed by atoms with Crippen LogP contribution in [0.3, 0.4) is 0 Å². The van der Waals surface area contributed by atoms with Gasteiger partial charge >= 0.3 is 0 Å². The van der Waals surface area contributed by atoms with Crippen molar-refractivity contribution in [3.63, 3.8) is 0 Å². The summed E-state index contributed by atoms with van der Waals surface area (Å²) in [5, 5.41) is 3.17. The topological polar surface area (TPSA) is 12.0 Å². The molecule has 0 spiro atoms. The molecule has 1 nitrogen and oxygen atoms in total. The Labute approximate surface area is 63.8 Å². The van der Waals surface area contributed by atoms with Gasteiger partial charge < -0.3 is 5.32 Å². The molecule has 0 aliphatic rings. The Kier molecular flexibility index (Phi) is 5.94. The van der Waals surface area contributed by atoms with E-state index in [9.17, 15) is 0 Å². The van der Waals surface area contributed by atoms with Crippen molar-refractivity contribution in [3.05, 3.63) is 24.4 Å². The Morgan fingerprint density at radius 1 is 1.30 bits per heavy atom. The van der Waals surface area contributed by atoms with Crippen LogP contribution < -0.4 is 5.32 Å². The van der Waals surface area contributed by atoms with Crippen LogP contribution >= 0.6 is 0 Å². The van der Waals surface area contributed by atoms with Crippen molar-refractivity contribution in [1.82, 2.24) is 5.32 Å². The molecular weight excluding hydrogens is 122 g/mol. The SMILES string of the molecule is CC/C=C\C=C/NC(C)C. The number of hydrogen-bond donors (Lipinski definition) is 1. The van der Waals surface area contributed by atoms with Crippen molar-refractivity contribution < 1.29 is 0 Å². The van der Waals surface area contributed by atoms with Gasteiger partial charge in [-0.15, -0.1) is 0 Å². The Bertz CT molecular complexity index is 112. The number of nitrogens with one attached hydrogen (secondary N) is 1. The molecule has 0 amide bonds. The fourth-order valence-electron chi connectivity index (χ4n) is 0.518. The molecule has 0 heterocycles. The molecule has 0 aromatic carbocycles. The zero-order valence-corrected chi connectivity index (χ0v) is 7.09. The molecule has 0 aromatic heterocycles. The Hall–Kier alpha value is -0.720. The van der Waals surface area contributed by atoms with Crippen molar-refractivity contribution in [3.8, 4) is 0 Å². The van der Waals surface area contributed by atoms with Gasteiger partial charge in [-0.1, -0.05) is 19.1 Å². The lowest BCUT2D eigenvalue weighted by Gasteiger charge is -2.00. The molecule has 0 aliphatic carbocycles. The molecule has 0 unspecified atom stereocenters. The van der Waals surface area contributed by atoms with Crippen molar-refractivity contribution in [2.75, 3.05) is 0 Å². The fraction of sp³-hybridized carbons (Fsp3) is 0.556. The first-order valence-electron chi connectivity index (χ1n) is 3.85. The summed E-state index contributed by atoms with van der Waals surface area (Å²) >= 11 is 0. The third-order valence-electron chi connectivity index (χ3n) is 1.01. The van der Waals surface area contributed by atoms with Gasteiger partial charge in [-0.05, 0) is 32.5 Å². The summed E-state index contributed by atoms with van der Waals surface area (Å²) in [7, 11) is 0. The lowest BCUT2D eigenvalue weighted by molar-refractivity contribution is 0.703. The quantitative estimate of drug-likeness (QED) is 0.590. The van der Waals surface area contributed by atoms with E-state index in [4.69, 9.17) is 0 Å². The minimum absolute atomic E-state index is 0.534. The molecule has 10 heavy (non-hydrogen) atoms. The number of allylic oxidation sites excluding steroid dienone is 3. The fourth-order valence-corrected chi connectivity index (χ4v) is 0.518. The third kappa shape index (κ3) is 7.28. The zero-order chi connectivity index (χ0) is 7.82. The van der Waals surface area contributed by atoms with Gasteiger partial charge in [0.1, 0.15) is 0 Å². The van der Waals surface area contributed by atoms with Gasteiger partial charge in [-0.3, -0.25) is 0 Å². The maximum absolute atomic E-state index is 3.17. The Balaban J connectivity index is 3.28. The van der Waals surface area contributed by atoms with Crippen LogP contribution in [0.5, 0.6) is 0 Å². The smallest absolute Gasteiger partial charge is 0.0199 e. The van der Waals surface area contributed by atoms with Crippen molar-refractivity contribution in [2.24, 2.45) is 0 Å². The molecular formula is C9H17N. The Morgan fingerprint density at radius 3 is 2.50 bits per heavy atom. The van der Waals surface area contributed by atoms with Crippen LogP contribution in [0.25, 0.3) is 0 Å². The van der Waals surface area contributed by atoms with E-state index in [1.807, 2.05) is 12.3 Å². The largest absolute Gasteiger partial charge is 0.389 e. The second-order valence-corrected chi connectivity index (χ2v) is 2.52. The highest BCUT2D eigenvalue weighted by Gasteiger charge is 1.80. The highest BCUT2D eigenvalue weighted by Crippen LogP contribution is 1.81. The molecule has 0 aliphatic heterocycles. The molecule has 0 aromatic rings. The van der Waals surface area contributed by atoms with Crippen LogP contribution in [0.4, 0.5) is 0 Å². The first-order valence-corrected chi connectivity index (χ1v) is 3.85. The highest BCUT2D eigenvalue weighted by molar-refractivity contribution is 5.01. The molecule has 0 atom stereocenters. The maximum atomic E-state index is 3.17. The molecule has 0 rings (SSSR count). The van der Waals surface area contributed by atoms with Crippen molar-refractivity contribution in [2.45, 2.75) is 33.2 Å². The van der Waals surface area contributed by atoms with Crippen molar-refractivity contribution >= 4 is 0 Å². The molecule has 58 valence electrons. The van der Waals surface area contributed by atoms with Crippen LogP contribution in [-0.4, -0.2) is 6.04 Å². The van der Waals surface area contributed by atoms with E-state index >= 15 is 0 Å². The van der Waals surface area contributed by atoms with Gasteiger partial charge in [0.05, 0.1) is 0 Å². The minimum Gasteiger partial charge on any atom is -0.389 e. The van der Waals surface area contributed by atoms with Crippen LogP contribution in [0.1, 0.15) is 27.2 Å². The normalized spacial score (nSPS) is 12.0. The van der Waals surface area contributed by atoms with Crippen LogP contribution in [0, 0.1) is 0 Å². The van der Waals surface area contributed by atoms with Gasteiger partial charge in [0.15, 0.2) is 0 Å². The maximum Gasteiger partial charge on any atom is 0.0199 e. The number of rotatable bonds is 4. The van der Waals surface area contributed by atoms with Crippen LogP contribution in [0.2, 0.25) is 0 Å². The zero-order valence-electron chi connectivity index (χ0n) is 7.09. The average molecular weight is 139 g/mol. The van der Waals surface area contributed by atoms with Gasteiger partial charge in [-0.2, -0.15) is 0 Å². The summed E-state index contributed by atoms with van der Waals surface area (Å²) in [5.74, 6) is 0. The number of hydrogen-bond acceptors (Lipinski definition) is 1. The van der Waals surface area contributed by atoms with E-state index in [-0.39, 0.29) is 0 Å². The summed E-state index contributed by atoms with van der Waals surface area (Å²) < 4.78 is 0. The van der Waals surface area contributed by atoms with Gasteiger partial charge in [-0.25, -0.2) is 0 Å². The summed E-state index contributed by atoms with van der Waals surface area (Å²) in [4.78, 5) is 0. The van der Waals surface area contributed by atoms with E-state index in [1.54, 1.807) is 0 Å². The van der Waals surface area contributed by atoms with Crippen molar-refractivity contribution in [1.29, 1.82) is 0 Å². The Morgan fingerprint density at radius 2 is 2.00 bits per heavy atom. The summed E-state index contributed by atoms with van der Waals surface area (Å²) in [6.07, 6.45) is 9.26. The van der Waals surface area contributed by atoms with E-state index in [0.29, 0.717) is 6.04 Å². The minimum atomic E-state index is 0.534. The summed E-state index contributed by atoms with van der Waals surface area (Å²) in [6.45, 7) is 6.36. The molecule has 0 bridgehead atoms. The third-order valence-corrected chi connectivity index (χ3v) is 1.01. The second-order valence-electron chi connectivity index (χ2n) is 2.52. The molecule has 0 radical (unpaired) electrons. The summed E-state index contributed by atoms with van der Waals surface area (Å²) in [5.41, 5.74) is 0. The molecule has 0 fully saturated rings. The highest BCUT2D eigenvalue weighted by atomic mass is 14.9. The molecule has 1 N–H and O–H groups in total. The summed E-state index contributed by atoms with van der Waals surface area (Å²) in [6, 6.07) is 0.534. The van der Waals surface area contributed by atoms with Gasteiger partial charge in [0, 0.05) is 6.04 Å². The second kappa shape index (κ2) is 6.40. The van der Waals surface area contributed by atoms with E-state index < -0.39 is 0 Å². The first kappa shape index (κ1) is 9.28. The average Bonchev–Trinajstić information content (AvgIpc) is 1.87. The monoisotopic (exact) mass is 139 g/mol. The van der Waals surface area contributed by atoms with E-state index in [0.717, 1.165) is 6.42 Å².